The van der Waals surface area contributed by atoms with E-state index < -0.39 is 0 Å². The van der Waals surface area contributed by atoms with E-state index in [0.717, 1.165) is 0 Å². The Morgan fingerprint density at radius 2 is 0.686 bits per heavy atom. The molecular formula is C48H26S3. The van der Waals surface area contributed by atoms with Crippen LogP contribution in [0, 0.1) is 0 Å². The van der Waals surface area contributed by atoms with E-state index in [1.165, 1.54) is 115 Å². The fourth-order valence-corrected chi connectivity index (χ4v) is 11.9. The van der Waals surface area contributed by atoms with Crippen LogP contribution in [0.4, 0.5) is 0 Å². The van der Waals surface area contributed by atoms with Gasteiger partial charge in [-0.1, -0.05) is 103 Å². The van der Waals surface area contributed by atoms with E-state index in [9.17, 15) is 0 Å². The summed E-state index contributed by atoms with van der Waals surface area (Å²) in [6.07, 6.45) is 0. The van der Waals surface area contributed by atoms with Gasteiger partial charge in [0.1, 0.15) is 0 Å². The highest BCUT2D eigenvalue weighted by Crippen LogP contribution is 2.48. The Morgan fingerprint density at radius 1 is 0.255 bits per heavy atom. The molecule has 9 aromatic carbocycles. The Labute approximate surface area is 305 Å². The number of rotatable bonds is 2. The highest BCUT2D eigenvalue weighted by molar-refractivity contribution is 7.27. The normalized spacial score (nSPS) is 12.3. The van der Waals surface area contributed by atoms with Crippen molar-refractivity contribution in [3.63, 3.8) is 0 Å². The first-order chi connectivity index (χ1) is 25.3. The molecule has 0 bridgehead atoms. The van der Waals surface area contributed by atoms with Gasteiger partial charge >= 0.3 is 0 Å². The third kappa shape index (κ3) is 4.00. The van der Waals surface area contributed by atoms with Crippen molar-refractivity contribution in [3.05, 3.63) is 158 Å². The quantitative estimate of drug-likeness (QED) is 0.158. The molecule has 3 heteroatoms. The van der Waals surface area contributed by atoms with E-state index in [1.807, 2.05) is 34.0 Å². The molecule has 0 saturated carbocycles. The van der Waals surface area contributed by atoms with Crippen molar-refractivity contribution in [1.29, 1.82) is 0 Å². The molecular weight excluding hydrogens is 673 g/mol. The van der Waals surface area contributed by atoms with Crippen LogP contribution < -0.4 is 0 Å². The zero-order chi connectivity index (χ0) is 33.2. The molecule has 236 valence electrons. The number of fused-ring (bicyclic) bond motifs is 13. The summed E-state index contributed by atoms with van der Waals surface area (Å²) in [5.74, 6) is 0. The summed E-state index contributed by atoms with van der Waals surface area (Å²) in [6.45, 7) is 0. The van der Waals surface area contributed by atoms with E-state index in [-0.39, 0.29) is 0 Å². The Kier molecular flexibility index (Phi) is 5.78. The smallest absolute Gasteiger partial charge is 0.0362 e. The lowest BCUT2D eigenvalue weighted by atomic mass is 9.85. The second kappa shape index (κ2) is 10.5. The summed E-state index contributed by atoms with van der Waals surface area (Å²) in [5, 5.41) is 15.9. The summed E-state index contributed by atoms with van der Waals surface area (Å²) in [6, 6.07) is 59.4. The lowest BCUT2D eigenvalue weighted by Gasteiger charge is -2.18. The summed E-state index contributed by atoms with van der Waals surface area (Å²) in [4.78, 5) is 0. The Bertz CT molecular complexity index is 3370. The van der Waals surface area contributed by atoms with Gasteiger partial charge in [-0.15, -0.1) is 34.0 Å². The van der Waals surface area contributed by atoms with E-state index in [2.05, 4.69) is 158 Å². The van der Waals surface area contributed by atoms with Crippen LogP contribution in [-0.4, -0.2) is 0 Å². The van der Waals surface area contributed by atoms with Crippen LogP contribution in [0.1, 0.15) is 0 Å². The van der Waals surface area contributed by atoms with Gasteiger partial charge in [-0.05, 0) is 109 Å². The summed E-state index contributed by atoms with van der Waals surface area (Å²) in [7, 11) is 0. The molecule has 0 unspecified atom stereocenters. The third-order valence-corrected chi connectivity index (χ3v) is 14.3. The van der Waals surface area contributed by atoms with Crippen molar-refractivity contribution in [3.8, 4) is 22.3 Å². The average molecular weight is 699 g/mol. The number of hydrogen-bond acceptors (Lipinski definition) is 3. The van der Waals surface area contributed by atoms with Crippen LogP contribution >= 0.6 is 34.0 Å². The highest BCUT2D eigenvalue weighted by atomic mass is 32.1. The molecule has 0 atom stereocenters. The van der Waals surface area contributed by atoms with Crippen LogP contribution in [0.2, 0.25) is 0 Å². The molecule has 0 fully saturated rings. The Hall–Kier alpha value is -5.58. The first-order valence-electron chi connectivity index (χ1n) is 17.3. The van der Waals surface area contributed by atoms with Gasteiger partial charge in [-0.3, -0.25) is 0 Å². The molecule has 51 heavy (non-hydrogen) atoms. The molecule has 12 aromatic rings. The second-order valence-electron chi connectivity index (χ2n) is 13.6. The van der Waals surface area contributed by atoms with Crippen molar-refractivity contribution in [2.75, 3.05) is 0 Å². The standard InChI is InChI=1S/C48H26S3/c1-3-12-33-31(10-1)46(28-18-20-42-37(24-28)30-9-5-7-15-40(30)49-42)32-11-2-4-13-34(32)47(33)29-19-21-43-38(25-29)39-23-27-17-22-44-48(36(27)26-45(39)51-43)35-14-6-8-16-41(35)50-44/h1-26H. The fraction of sp³-hybridized carbons (Fsp3) is 0. The van der Waals surface area contributed by atoms with Crippen molar-refractivity contribution >= 4 is 127 Å². The molecule has 0 amide bonds. The molecule has 0 radical (unpaired) electrons. The zero-order valence-corrected chi connectivity index (χ0v) is 29.7. The van der Waals surface area contributed by atoms with Crippen LogP contribution in [0.3, 0.4) is 0 Å². The van der Waals surface area contributed by atoms with Crippen molar-refractivity contribution in [2.24, 2.45) is 0 Å². The van der Waals surface area contributed by atoms with Crippen molar-refractivity contribution < 1.29 is 0 Å². The monoisotopic (exact) mass is 698 g/mol. The molecule has 0 N–H and O–H groups in total. The van der Waals surface area contributed by atoms with Crippen LogP contribution in [-0.2, 0) is 0 Å². The van der Waals surface area contributed by atoms with Gasteiger partial charge in [0, 0.05) is 60.5 Å². The van der Waals surface area contributed by atoms with E-state index in [4.69, 9.17) is 0 Å². The fourth-order valence-electron chi connectivity index (χ4n) is 8.61. The third-order valence-electron chi connectivity index (χ3n) is 10.8. The first-order valence-corrected chi connectivity index (χ1v) is 19.8. The SMILES string of the molecule is c1ccc2c(c1)sc1ccc(-c3c4ccccc4c(-c4ccc5sc6cc7c(ccc8sc9ccccc9c87)cc6c5c4)c4ccccc34)cc12. The minimum Gasteiger partial charge on any atom is -0.135 e. The van der Waals surface area contributed by atoms with Crippen molar-refractivity contribution in [1.82, 2.24) is 0 Å². The van der Waals surface area contributed by atoms with Crippen LogP contribution in [0.15, 0.2) is 158 Å². The van der Waals surface area contributed by atoms with Gasteiger partial charge < -0.3 is 0 Å². The lowest BCUT2D eigenvalue weighted by molar-refractivity contribution is 1.70. The molecule has 12 rings (SSSR count). The number of benzene rings is 9. The van der Waals surface area contributed by atoms with Crippen LogP contribution in [0.25, 0.3) is 115 Å². The topological polar surface area (TPSA) is 0 Å². The van der Waals surface area contributed by atoms with E-state index >= 15 is 0 Å². The zero-order valence-electron chi connectivity index (χ0n) is 27.2. The summed E-state index contributed by atoms with van der Waals surface area (Å²) in [5.41, 5.74) is 5.15. The average Bonchev–Trinajstić information content (AvgIpc) is 3.86. The number of hydrogen-bond donors (Lipinski definition) is 0. The van der Waals surface area contributed by atoms with Crippen molar-refractivity contribution in [2.45, 2.75) is 0 Å². The lowest BCUT2D eigenvalue weighted by Crippen LogP contribution is -1.90. The predicted molar refractivity (Wildman–Crippen MR) is 228 cm³/mol. The van der Waals surface area contributed by atoms with Gasteiger partial charge in [0.05, 0.1) is 0 Å². The van der Waals surface area contributed by atoms with E-state index in [0.29, 0.717) is 0 Å². The molecule has 0 spiro atoms. The summed E-state index contributed by atoms with van der Waals surface area (Å²) >= 11 is 5.68. The molecule has 0 saturated heterocycles. The largest absolute Gasteiger partial charge is 0.135 e. The Balaban J connectivity index is 1.11. The van der Waals surface area contributed by atoms with Gasteiger partial charge in [0.2, 0.25) is 0 Å². The minimum absolute atomic E-state index is 1.26. The molecule has 0 aliphatic rings. The van der Waals surface area contributed by atoms with Gasteiger partial charge in [-0.2, -0.15) is 0 Å². The molecule has 3 heterocycles. The summed E-state index contributed by atoms with van der Waals surface area (Å²) < 4.78 is 8.06. The van der Waals surface area contributed by atoms with Gasteiger partial charge in [0.25, 0.3) is 0 Å². The first kappa shape index (κ1) is 28.2. The van der Waals surface area contributed by atoms with Gasteiger partial charge in [-0.25, -0.2) is 0 Å². The van der Waals surface area contributed by atoms with Gasteiger partial charge in [0.15, 0.2) is 0 Å². The Morgan fingerprint density at radius 3 is 1.31 bits per heavy atom. The molecule has 0 aliphatic heterocycles. The maximum atomic E-state index is 2.45. The maximum absolute atomic E-state index is 2.45. The van der Waals surface area contributed by atoms with Crippen LogP contribution in [0.5, 0.6) is 0 Å². The molecule has 0 nitrogen and oxygen atoms in total. The van der Waals surface area contributed by atoms with E-state index in [1.54, 1.807) is 0 Å². The number of thiophene rings is 3. The molecule has 0 aliphatic carbocycles. The minimum atomic E-state index is 1.26. The maximum Gasteiger partial charge on any atom is 0.0362 e. The predicted octanol–water partition coefficient (Wildman–Crippen LogP) is 15.6. The second-order valence-corrected chi connectivity index (χ2v) is 16.8. The molecule has 3 aromatic heterocycles. The highest BCUT2D eigenvalue weighted by Gasteiger charge is 2.19.